The molecule has 35 heavy (non-hydrogen) atoms. The molecule has 0 radical (unpaired) electrons. The van der Waals surface area contributed by atoms with E-state index in [4.69, 9.17) is 19.5 Å². The van der Waals surface area contributed by atoms with Gasteiger partial charge in [-0.15, -0.1) is 0 Å². The molecule has 1 atom stereocenters. The van der Waals surface area contributed by atoms with Gasteiger partial charge in [0.1, 0.15) is 5.76 Å². The van der Waals surface area contributed by atoms with E-state index in [1.165, 1.54) is 0 Å². The topological polar surface area (TPSA) is 43.2 Å². The van der Waals surface area contributed by atoms with Gasteiger partial charge < -0.3 is 9.47 Å². The Hall–Kier alpha value is -4.44. The van der Waals surface area contributed by atoms with E-state index < -0.39 is 0 Å². The molecule has 0 spiro atoms. The Labute approximate surface area is 205 Å². The lowest BCUT2D eigenvalue weighted by Crippen LogP contribution is -2.11. The summed E-state index contributed by atoms with van der Waals surface area (Å²) in [6.07, 6.45) is 2.14. The lowest BCUT2D eigenvalue weighted by Gasteiger charge is -2.21. The summed E-state index contributed by atoms with van der Waals surface area (Å²) in [5.41, 5.74) is 5.69. The molecule has 4 heteroatoms. The molecule has 1 unspecified atom stereocenters. The lowest BCUT2D eigenvalue weighted by atomic mass is 9.96. The molecular weight excluding hydrogens is 432 g/mol. The fraction of sp³-hybridized carbons (Fsp3) is 0.0968. The molecule has 0 fully saturated rings. The molecule has 1 aliphatic rings. The summed E-state index contributed by atoms with van der Waals surface area (Å²) in [6.45, 7) is 2.15. The molecule has 0 saturated heterocycles. The van der Waals surface area contributed by atoms with Crippen LogP contribution >= 0.6 is 0 Å². The Morgan fingerprint density at radius 2 is 1.49 bits per heavy atom. The standard InChI is InChI=1S/C31H26N2O2/c1-22(25-17-9-11-19-27(25)32-30(34-2)23-13-5-3-6-14-23)21-29-26-18-10-12-20-28(26)33-31(35-29)24-15-7-4-8-16-24/h3-22H,1-2H3/b29-21-,32-30?. The van der Waals surface area contributed by atoms with E-state index in [0.717, 1.165) is 39.4 Å². The van der Waals surface area contributed by atoms with Crippen molar-refractivity contribution in [3.8, 4) is 0 Å². The smallest absolute Gasteiger partial charge is 0.227 e. The van der Waals surface area contributed by atoms with Crippen LogP contribution in [0.5, 0.6) is 0 Å². The highest BCUT2D eigenvalue weighted by molar-refractivity contribution is 6.02. The van der Waals surface area contributed by atoms with Crippen molar-refractivity contribution >= 4 is 28.9 Å². The predicted molar refractivity (Wildman–Crippen MR) is 143 cm³/mol. The van der Waals surface area contributed by atoms with Crippen molar-refractivity contribution in [2.45, 2.75) is 12.8 Å². The van der Waals surface area contributed by atoms with Crippen molar-refractivity contribution < 1.29 is 9.47 Å². The maximum atomic E-state index is 6.35. The molecule has 4 aromatic rings. The van der Waals surface area contributed by atoms with Crippen LogP contribution in [0.4, 0.5) is 11.4 Å². The number of ether oxygens (including phenoxy) is 2. The fourth-order valence-corrected chi connectivity index (χ4v) is 4.11. The second kappa shape index (κ2) is 10.2. The highest BCUT2D eigenvalue weighted by Gasteiger charge is 2.21. The monoisotopic (exact) mass is 458 g/mol. The zero-order valence-electron chi connectivity index (χ0n) is 19.8. The van der Waals surface area contributed by atoms with Crippen LogP contribution in [-0.2, 0) is 9.47 Å². The summed E-state index contributed by atoms with van der Waals surface area (Å²) < 4.78 is 12.0. The zero-order chi connectivity index (χ0) is 24.0. The van der Waals surface area contributed by atoms with Gasteiger partial charge in [-0.2, -0.15) is 0 Å². The molecule has 1 heterocycles. The summed E-state index contributed by atoms with van der Waals surface area (Å²) in [5.74, 6) is 1.99. The van der Waals surface area contributed by atoms with Gasteiger partial charge in [0.2, 0.25) is 11.8 Å². The van der Waals surface area contributed by atoms with Gasteiger partial charge in [-0.05, 0) is 54.1 Å². The average molecular weight is 459 g/mol. The number of methoxy groups -OCH3 is 1. The van der Waals surface area contributed by atoms with Gasteiger partial charge >= 0.3 is 0 Å². The summed E-state index contributed by atoms with van der Waals surface area (Å²) in [4.78, 5) is 9.63. The fourth-order valence-electron chi connectivity index (χ4n) is 4.11. The first-order chi connectivity index (χ1) is 17.2. The SMILES string of the molecule is COC(=Nc1ccccc1C(C)/C=C1\OC(c2ccccc2)=Nc2ccccc21)c1ccccc1. The molecule has 0 aromatic heterocycles. The maximum Gasteiger partial charge on any atom is 0.227 e. The van der Waals surface area contributed by atoms with Crippen LogP contribution in [0.2, 0.25) is 0 Å². The van der Waals surface area contributed by atoms with Crippen LogP contribution in [0.1, 0.15) is 35.1 Å². The first-order valence-electron chi connectivity index (χ1n) is 11.6. The third-order valence-corrected chi connectivity index (χ3v) is 5.88. The molecule has 0 N–H and O–H groups in total. The molecule has 0 saturated carbocycles. The van der Waals surface area contributed by atoms with Crippen molar-refractivity contribution in [3.05, 3.63) is 138 Å². The molecule has 0 aliphatic carbocycles. The number of aliphatic imine (C=N–C) groups is 2. The normalized spacial score (nSPS) is 15.1. The van der Waals surface area contributed by atoms with E-state index in [9.17, 15) is 0 Å². The number of hydrogen-bond donors (Lipinski definition) is 0. The Kier molecular flexibility index (Phi) is 6.53. The Balaban J connectivity index is 1.53. The van der Waals surface area contributed by atoms with Gasteiger partial charge in [0, 0.05) is 22.6 Å². The minimum Gasteiger partial charge on any atom is -0.481 e. The number of fused-ring (bicyclic) bond motifs is 1. The lowest BCUT2D eigenvalue weighted by molar-refractivity contribution is 0.405. The van der Waals surface area contributed by atoms with Crippen LogP contribution in [-0.4, -0.2) is 18.9 Å². The van der Waals surface area contributed by atoms with Crippen molar-refractivity contribution in [3.63, 3.8) is 0 Å². The van der Waals surface area contributed by atoms with E-state index in [1.54, 1.807) is 7.11 Å². The number of allylic oxidation sites excluding steroid dienone is 1. The number of benzene rings is 4. The first kappa shape index (κ1) is 22.4. The van der Waals surface area contributed by atoms with E-state index in [0.29, 0.717) is 11.8 Å². The van der Waals surface area contributed by atoms with Crippen LogP contribution in [0.25, 0.3) is 5.76 Å². The maximum absolute atomic E-state index is 6.35. The van der Waals surface area contributed by atoms with Gasteiger partial charge in [-0.3, -0.25) is 0 Å². The van der Waals surface area contributed by atoms with Crippen molar-refractivity contribution in [2.24, 2.45) is 9.98 Å². The summed E-state index contributed by atoms with van der Waals surface area (Å²) >= 11 is 0. The number of nitrogens with zero attached hydrogens (tertiary/aromatic N) is 2. The molecule has 0 bridgehead atoms. The summed E-state index contributed by atoms with van der Waals surface area (Å²) in [6, 6.07) is 36.1. The van der Waals surface area contributed by atoms with Crippen molar-refractivity contribution in [2.75, 3.05) is 7.11 Å². The van der Waals surface area contributed by atoms with Gasteiger partial charge in [-0.1, -0.05) is 73.7 Å². The quantitative estimate of drug-likeness (QED) is 0.227. The first-order valence-corrected chi connectivity index (χ1v) is 11.6. The third kappa shape index (κ3) is 4.92. The van der Waals surface area contributed by atoms with Crippen LogP contribution in [0.3, 0.4) is 0 Å². The summed E-state index contributed by atoms with van der Waals surface area (Å²) in [7, 11) is 1.65. The van der Waals surface area contributed by atoms with Crippen LogP contribution in [0.15, 0.2) is 125 Å². The minimum atomic E-state index is 0.0296. The second-order valence-corrected chi connectivity index (χ2v) is 8.27. The summed E-state index contributed by atoms with van der Waals surface area (Å²) in [5, 5.41) is 0. The zero-order valence-corrected chi connectivity index (χ0v) is 19.8. The van der Waals surface area contributed by atoms with E-state index >= 15 is 0 Å². The molecular formula is C31H26N2O2. The largest absolute Gasteiger partial charge is 0.481 e. The Morgan fingerprint density at radius 1 is 0.829 bits per heavy atom. The molecule has 4 aromatic carbocycles. The number of para-hydroxylation sites is 2. The highest BCUT2D eigenvalue weighted by atomic mass is 16.5. The van der Waals surface area contributed by atoms with Gasteiger partial charge in [-0.25, -0.2) is 9.98 Å². The van der Waals surface area contributed by atoms with Crippen molar-refractivity contribution in [1.29, 1.82) is 0 Å². The number of rotatable bonds is 5. The Morgan fingerprint density at radius 3 is 2.26 bits per heavy atom. The Bertz CT molecular complexity index is 1410. The second-order valence-electron chi connectivity index (χ2n) is 8.27. The van der Waals surface area contributed by atoms with Crippen LogP contribution < -0.4 is 0 Å². The number of hydrogen-bond acceptors (Lipinski definition) is 4. The molecule has 5 rings (SSSR count). The van der Waals surface area contributed by atoms with E-state index in [2.05, 4.69) is 19.1 Å². The highest BCUT2D eigenvalue weighted by Crippen LogP contribution is 2.37. The molecule has 0 amide bonds. The third-order valence-electron chi connectivity index (χ3n) is 5.88. The van der Waals surface area contributed by atoms with Gasteiger partial charge in [0.25, 0.3) is 0 Å². The van der Waals surface area contributed by atoms with E-state index in [-0.39, 0.29) is 5.92 Å². The predicted octanol–water partition coefficient (Wildman–Crippen LogP) is 7.66. The molecule has 1 aliphatic heterocycles. The van der Waals surface area contributed by atoms with Crippen molar-refractivity contribution in [1.82, 2.24) is 0 Å². The van der Waals surface area contributed by atoms with Gasteiger partial charge in [0.15, 0.2) is 0 Å². The molecule has 4 nitrogen and oxygen atoms in total. The average Bonchev–Trinajstić information content (AvgIpc) is 2.92. The van der Waals surface area contributed by atoms with Crippen LogP contribution in [0, 0.1) is 0 Å². The minimum absolute atomic E-state index is 0.0296. The van der Waals surface area contributed by atoms with E-state index in [1.807, 2.05) is 103 Å². The molecule has 172 valence electrons. The van der Waals surface area contributed by atoms with Gasteiger partial charge in [0.05, 0.1) is 18.5 Å².